The van der Waals surface area contributed by atoms with Crippen molar-refractivity contribution >= 4 is 28.7 Å². The number of amides is 2. The first-order valence-electron chi connectivity index (χ1n) is 11.3. The Morgan fingerprint density at radius 3 is 2.49 bits per heavy atom. The first-order chi connectivity index (χ1) is 16.2. The predicted molar refractivity (Wildman–Crippen MR) is 126 cm³/mol. The molecule has 35 heavy (non-hydrogen) atoms. The molecule has 3 rings (SSSR count). The lowest BCUT2D eigenvalue weighted by molar-refractivity contribution is -0.123. The van der Waals surface area contributed by atoms with E-state index >= 15 is 0 Å². The summed E-state index contributed by atoms with van der Waals surface area (Å²) in [6, 6.07) is 4.29. The van der Waals surface area contributed by atoms with Crippen molar-refractivity contribution in [2.24, 2.45) is 0 Å². The molecule has 11 heteroatoms. The standard InChI is InChI=1S/C24H30F2N6O3/c1-22(2,3)35-21(34)31-23(4,5)11-18(33)30-16-10-24(25,26)14-32(13-16)17-7-6-15(12-27)19-20(17)29-9-8-28-19/h6-9,16H,10-11,13-14H2,1-5H3,(H,30,33)(H,31,34). The number of anilines is 1. The van der Waals surface area contributed by atoms with Gasteiger partial charge in [-0.3, -0.25) is 14.8 Å². The predicted octanol–water partition coefficient (Wildman–Crippen LogP) is 3.53. The molecule has 0 aliphatic carbocycles. The first kappa shape index (κ1) is 26.1. The Balaban J connectivity index is 1.73. The number of hydrogen-bond acceptors (Lipinski definition) is 7. The van der Waals surface area contributed by atoms with Gasteiger partial charge in [0.05, 0.1) is 23.8 Å². The van der Waals surface area contributed by atoms with Gasteiger partial charge in [-0.1, -0.05) is 0 Å². The topological polar surface area (TPSA) is 120 Å². The Morgan fingerprint density at radius 2 is 1.86 bits per heavy atom. The number of piperidine rings is 1. The summed E-state index contributed by atoms with van der Waals surface area (Å²) in [5.74, 6) is -3.54. The number of nitriles is 1. The SMILES string of the molecule is CC(C)(CC(=O)NC1CN(c2ccc(C#N)c3nccnc23)CC(F)(F)C1)NC(=O)OC(C)(C)C. The van der Waals surface area contributed by atoms with E-state index in [1.165, 1.54) is 23.4 Å². The Bertz CT molecular complexity index is 1160. The number of alkyl halides is 2. The molecule has 1 unspecified atom stereocenters. The summed E-state index contributed by atoms with van der Waals surface area (Å²) in [6.45, 7) is 8.05. The molecule has 0 spiro atoms. The van der Waals surface area contributed by atoms with Crippen molar-refractivity contribution in [3.05, 3.63) is 30.1 Å². The summed E-state index contributed by atoms with van der Waals surface area (Å²) in [5, 5.41) is 14.7. The van der Waals surface area contributed by atoms with Gasteiger partial charge in [0.15, 0.2) is 0 Å². The average molecular weight is 489 g/mol. The summed E-state index contributed by atoms with van der Waals surface area (Å²) in [4.78, 5) is 34.7. The number of fused-ring (bicyclic) bond motifs is 1. The van der Waals surface area contributed by atoms with Crippen LogP contribution in [0.1, 0.15) is 53.0 Å². The zero-order valence-corrected chi connectivity index (χ0v) is 20.5. The van der Waals surface area contributed by atoms with Gasteiger partial charge in [0.2, 0.25) is 5.91 Å². The molecule has 1 saturated heterocycles. The van der Waals surface area contributed by atoms with Crippen molar-refractivity contribution in [2.45, 2.75) is 70.6 Å². The molecule has 1 aromatic carbocycles. The number of alkyl carbamates (subject to hydrolysis) is 1. The minimum Gasteiger partial charge on any atom is -0.444 e. The largest absolute Gasteiger partial charge is 0.444 e. The number of ether oxygens (including phenoxy) is 1. The van der Waals surface area contributed by atoms with Crippen LogP contribution in [0, 0.1) is 11.3 Å². The lowest BCUT2D eigenvalue weighted by atomic mass is 9.97. The van der Waals surface area contributed by atoms with Crippen molar-refractivity contribution < 1.29 is 23.1 Å². The number of carbonyl (C=O) groups is 2. The van der Waals surface area contributed by atoms with Gasteiger partial charge < -0.3 is 20.3 Å². The highest BCUT2D eigenvalue weighted by atomic mass is 19.3. The van der Waals surface area contributed by atoms with Crippen LogP contribution in [0.5, 0.6) is 0 Å². The average Bonchev–Trinajstić information content (AvgIpc) is 2.69. The van der Waals surface area contributed by atoms with Crippen LogP contribution >= 0.6 is 0 Å². The van der Waals surface area contributed by atoms with Crippen molar-refractivity contribution in [3.8, 4) is 6.07 Å². The number of carbonyl (C=O) groups excluding carboxylic acids is 2. The monoisotopic (exact) mass is 488 g/mol. The zero-order chi connectivity index (χ0) is 26.0. The summed E-state index contributed by atoms with van der Waals surface area (Å²) in [5.41, 5.74) is -0.265. The summed E-state index contributed by atoms with van der Waals surface area (Å²) < 4.78 is 34.6. The van der Waals surface area contributed by atoms with Crippen molar-refractivity contribution in [1.29, 1.82) is 5.26 Å². The number of nitrogens with zero attached hydrogens (tertiary/aromatic N) is 4. The van der Waals surface area contributed by atoms with Crippen LogP contribution in [-0.2, 0) is 9.53 Å². The van der Waals surface area contributed by atoms with E-state index in [1.54, 1.807) is 40.7 Å². The third kappa shape index (κ3) is 6.97. The molecule has 188 valence electrons. The van der Waals surface area contributed by atoms with E-state index < -0.39 is 48.1 Å². The lowest BCUT2D eigenvalue weighted by Gasteiger charge is -2.39. The molecule has 1 atom stereocenters. The van der Waals surface area contributed by atoms with Crippen LogP contribution in [0.25, 0.3) is 11.0 Å². The molecule has 1 aliphatic heterocycles. The molecule has 1 fully saturated rings. The molecule has 2 N–H and O–H groups in total. The molecule has 0 radical (unpaired) electrons. The van der Waals surface area contributed by atoms with Crippen LogP contribution in [0.2, 0.25) is 0 Å². The van der Waals surface area contributed by atoms with Crippen molar-refractivity contribution in [3.63, 3.8) is 0 Å². The maximum atomic E-state index is 14.7. The molecule has 2 aromatic rings. The van der Waals surface area contributed by atoms with Crippen LogP contribution in [0.4, 0.5) is 19.3 Å². The number of rotatable bonds is 5. The molecule has 0 bridgehead atoms. The number of nitrogens with one attached hydrogen (secondary N) is 2. The summed E-state index contributed by atoms with van der Waals surface area (Å²) in [7, 11) is 0. The van der Waals surface area contributed by atoms with Crippen LogP contribution in [0.15, 0.2) is 24.5 Å². The quantitative estimate of drug-likeness (QED) is 0.661. The number of halogens is 2. The minimum absolute atomic E-state index is 0.124. The van der Waals surface area contributed by atoms with Gasteiger partial charge in [0.25, 0.3) is 5.92 Å². The third-order valence-electron chi connectivity index (χ3n) is 5.28. The molecule has 1 aliphatic rings. The van der Waals surface area contributed by atoms with E-state index in [2.05, 4.69) is 20.6 Å². The van der Waals surface area contributed by atoms with Crippen LogP contribution in [0.3, 0.4) is 0 Å². The number of benzene rings is 1. The van der Waals surface area contributed by atoms with E-state index in [0.29, 0.717) is 22.3 Å². The molecule has 1 aromatic heterocycles. The minimum atomic E-state index is -3.07. The van der Waals surface area contributed by atoms with E-state index in [4.69, 9.17) is 4.74 Å². The number of hydrogen-bond donors (Lipinski definition) is 2. The maximum absolute atomic E-state index is 14.7. The van der Waals surface area contributed by atoms with E-state index in [0.717, 1.165) is 0 Å². The van der Waals surface area contributed by atoms with Gasteiger partial charge in [-0.2, -0.15) is 5.26 Å². The highest BCUT2D eigenvalue weighted by molar-refractivity contribution is 5.92. The second kappa shape index (κ2) is 9.60. The molecule has 2 amide bonds. The first-order valence-corrected chi connectivity index (χ1v) is 11.3. The Labute approximate surface area is 202 Å². The van der Waals surface area contributed by atoms with Crippen molar-refractivity contribution in [1.82, 2.24) is 20.6 Å². The maximum Gasteiger partial charge on any atom is 0.408 e. The summed E-state index contributed by atoms with van der Waals surface area (Å²) >= 11 is 0. The fourth-order valence-corrected chi connectivity index (χ4v) is 4.07. The van der Waals surface area contributed by atoms with Gasteiger partial charge >= 0.3 is 6.09 Å². The van der Waals surface area contributed by atoms with E-state index in [9.17, 15) is 23.6 Å². The van der Waals surface area contributed by atoms with Gasteiger partial charge in [-0.25, -0.2) is 13.6 Å². The number of aromatic nitrogens is 2. The summed E-state index contributed by atoms with van der Waals surface area (Å²) in [6.07, 6.45) is 1.57. The van der Waals surface area contributed by atoms with E-state index in [-0.39, 0.29) is 13.0 Å². The fraction of sp³-hybridized carbons (Fsp3) is 0.542. The van der Waals surface area contributed by atoms with E-state index in [1.807, 2.05) is 6.07 Å². The Morgan fingerprint density at radius 1 is 1.20 bits per heavy atom. The second-order valence-corrected chi connectivity index (χ2v) is 10.4. The zero-order valence-electron chi connectivity index (χ0n) is 20.5. The fourth-order valence-electron chi connectivity index (χ4n) is 4.07. The Kier molecular flexibility index (Phi) is 7.15. The molecular weight excluding hydrogens is 458 g/mol. The van der Waals surface area contributed by atoms with Crippen LogP contribution < -0.4 is 15.5 Å². The highest BCUT2D eigenvalue weighted by Crippen LogP contribution is 2.34. The Hall–Kier alpha value is -3.55. The van der Waals surface area contributed by atoms with Gasteiger partial charge in [-0.05, 0) is 46.8 Å². The molecule has 9 nitrogen and oxygen atoms in total. The normalized spacial score (nSPS) is 18.0. The van der Waals surface area contributed by atoms with Gasteiger partial charge in [0, 0.05) is 37.3 Å². The smallest absolute Gasteiger partial charge is 0.408 e. The lowest BCUT2D eigenvalue weighted by Crippen LogP contribution is -2.56. The van der Waals surface area contributed by atoms with Crippen LogP contribution in [-0.4, -0.2) is 58.2 Å². The third-order valence-corrected chi connectivity index (χ3v) is 5.28. The molecule has 2 heterocycles. The van der Waals surface area contributed by atoms with Crippen molar-refractivity contribution in [2.75, 3.05) is 18.0 Å². The van der Waals surface area contributed by atoms with Gasteiger partial charge in [-0.15, -0.1) is 0 Å². The van der Waals surface area contributed by atoms with Gasteiger partial charge in [0.1, 0.15) is 22.7 Å². The second-order valence-electron chi connectivity index (χ2n) is 10.4. The highest BCUT2D eigenvalue weighted by Gasteiger charge is 2.42. The molecular formula is C24H30F2N6O3. The molecule has 0 saturated carbocycles.